The molecule has 5 nitrogen and oxygen atoms in total. The molecule has 0 unspecified atom stereocenters. The van der Waals surface area contributed by atoms with Crippen molar-refractivity contribution >= 4 is 17.6 Å². The zero-order valence-corrected chi connectivity index (χ0v) is 15.4. The molecular formula is C21H25NO4. The second-order valence-corrected chi connectivity index (χ2v) is 6.63. The van der Waals surface area contributed by atoms with Gasteiger partial charge in [0.2, 0.25) is 0 Å². The van der Waals surface area contributed by atoms with Gasteiger partial charge in [0.05, 0.1) is 0 Å². The number of carbonyl (C=O) groups is 2. The molecule has 1 amide bonds. The van der Waals surface area contributed by atoms with Crippen molar-refractivity contribution in [1.82, 2.24) is 0 Å². The van der Waals surface area contributed by atoms with Gasteiger partial charge in [0.25, 0.3) is 5.91 Å². The monoisotopic (exact) mass is 355 g/mol. The lowest BCUT2D eigenvalue weighted by Gasteiger charge is -2.15. The molecule has 5 heteroatoms. The Hall–Kier alpha value is -2.82. The van der Waals surface area contributed by atoms with Gasteiger partial charge in [0.15, 0.2) is 6.61 Å². The number of nitrogens with one attached hydrogen (secondary N) is 1. The lowest BCUT2D eigenvalue weighted by Crippen LogP contribution is -2.20. The number of hydrogen-bond acceptors (Lipinski definition) is 3. The standard InChI is InChI=1S/C21H25NO4/c1-14(2)18-9-7-15(3)11-19(18)26-13-20(23)22-17-6-4-5-16(12-17)8-10-21(24)25/h4-7,9,11-12,14H,8,10,13H2,1-3H3,(H,22,23)(H,24,25). The first-order valence-corrected chi connectivity index (χ1v) is 8.69. The predicted octanol–water partition coefficient (Wildman–Crippen LogP) is 4.15. The van der Waals surface area contributed by atoms with E-state index in [2.05, 4.69) is 19.2 Å². The topological polar surface area (TPSA) is 75.6 Å². The van der Waals surface area contributed by atoms with Crippen LogP contribution in [0.2, 0.25) is 0 Å². The van der Waals surface area contributed by atoms with E-state index in [0.29, 0.717) is 18.0 Å². The molecule has 0 spiro atoms. The summed E-state index contributed by atoms with van der Waals surface area (Å²) in [5, 5.41) is 11.6. The van der Waals surface area contributed by atoms with Crippen molar-refractivity contribution in [1.29, 1.82) is 0 Å². The molecule has 0 atom stereocenters. The molecular weight excluding hydrogens is 330 g/mol. The molecule has 0 saturated heterocycles. The Kier molecular flexibility index (Phi) is 6.78. The van der Waals surface area contributed by atoms with Crippen LogP contribution in [0.5, 0.6) is 5.75 Å². The van der Waals surface area contributed by atoms with Gasteiger partial charge < -0.3 is 15.2 Å². The van der Waals surface area contributed by atoms with Crippen molar-refractivity contribution in [2.24, 2.45) is 0 Å². The zero-order valence-electron chi connectivity index (χ0n) is 15.4. The van der Waals surface area contributed by atoms with Crippen LogP contribution in [0.3, 0.4) is 0 Å². The highest BCUT2D eigenvalue weighted by Gasteiger charge is 2.11. The fraction of sp³-hybridized carbons (Fsp3) is 0.333. The number of carboxylic acid groups (broad SMARTS) is 1. The largest absolute Gasteiger partial charge is 0.483 e. The van der Waals surface area contributed by atoms with Crippen molar-refractivity contribution in [3.63, 3.8) is 0 Å². The molecule has 2 N–H and O–H groups in total. The highest BCUT2D eigenvalue weighted by molar-refractivity contribution is 5.92. The molecule has 0 aliphatic rings. The van der Waals surface area contributed by atoms with E-state index in [9.17, 15) is 9.59 Å². The van der Waals surface area contributed by atoms with E-state index in [0.717, 1.165) is 22.4 Å². The number of carbonyl (C=O) groups excluding carboxylic acids is 1. The summed E-state index contributed by atoms with van der Waals surface area (Å²) in [6.45, 7) is 6.07. The summed E-state index contributed by atoms with van der Waals surface area (Å²) in [5.74, 6) is -0.0616. The first-order chi connectivity index (χ1) is 12.3. The third-order valence-electron chi connectivity index (χ3n) is 3.99. The Bertz CT molecular complexity index is 783. The average molecular weight is 355 g/mol. The maximum absolute atomic E-state index is 12.2. The molecule has 0 saturated carbocycles. The summed E-state index contributed by atoms with van der Waals surface area (Å²) >= 11 is 0. The maximum Gasteiger partial charge on any atom is 0.303 e. The van der Waals surface area contributed by atoms with E-state index in [1.807, 2.05) is 31.2 Å². The minimum Gasteiger partial charge on any atom is -0.483 e. The number of aliphatic carboxylic acids is 1. The van der Waals surface area contributed by atoms with Gasteiger partial charge in [0, 0.05) is 12.1 Å². The third-order valence-corrected chi connectivity index (χ3v) is 3.99. The van der Waals surface area contributed by atoms with E-state index >= 15 is 0 Å². The van der Waals surface area contributed by atoms with Gasteiger partial charge >= 0.3 is 5.97 Å². The van der Waals surface area contributed by atoms with Crippen LogP contribution in [0, 0.1) is 6.92 Å². The van der Waals surface area contributed by atoms with Gasteiger partial charge in [-0.05, 0) is 54.2 Å². The first kappa shape index (κ1) is 19.5. The fourth-order valence-corrected chi connectivity index (χ4v) is 2.64. The summed E-state index contributed by atoms with van der Waals surface area (Å²) in [5.41, 5.74) is 3.65. The van der Waals surface area contributed by atoms with E-state index in [4.69, 9.17) is 9.84 Å². The fourth-order valence-electron chi connectivity index (χ4n) is 2.64. The SMILES string of the molecule is Cc1ccc(C(C)C)c(OCC(=O)Nc2cccc(CCC(=O)O)c2)c1. The molecule has 0 heterocycles. The Balaban J connectivity index is 1.96. The van der Waals surface area contributed by atoms with Gasteiger partial charge in [-0.1, -0.05) is 38.1 Å². The summed E-state index contributed by atoms with van der Waals surface area (Å²) in [6, 6.07) is 13.2. The summed E-state index contributed by atoms with van der Waals surface area (Å²) in [6.07, 6.45) is 0.489. The van der Waals surface area contributed by atoms with Crippen LogP contribution in [0.1, 0.15) is 42.9 Å². The normalized spacial score (nSPS) is 10.6. The Morgan fingerprint density at radius 2 is 1.92 bits per heavy atom. The third kappa shape index (κ3) is 5.92. The predicted molar refractivity (Wildman–Crippen MR) is 102 cm³/mol. The number of rotatable bonds is 8. The number of ether oxygens (including phenoxy) is 1. The van der Waals surface area contributed by atoms with Crippen molar-refractivity contribution in [2.45, 2.75) is 39.5 Å². The molecule has 0 fully saturated rings. The van der Waals surface area contributed by atoms with Crippen LogP contribution in [-0.4, -0.2) is 23.6 Å². The van der Waals surface area contributed by atoms with E-state index in [-0.39, 0.29) is 18.9 Å². The number of amides is 1. The molecule has 138 valence electrons. The number of carboxylic acids is 1. The van der Waals surface area contributed by atoms with Crippen molar-refractivity contribution < 1.29 is 19.4 Å². The van der Waals surface area contributed by atoms with Crippen LogP contribution in [-0.2, 0) is 16.0 Å². The Morgan fingerprint density at radius 3 is 2.62 bits per heavy atom. The molecule has 0 aliphatic carbocycles. The Labute approximate surface area is 154 Å². The van der Waals surface area contributed by atoms with E-state index in [1.165, 1.54) is 0 Å². The average Bonchev–Trinajstić information content (AvgIpc) is 2.58. The molecule has 2 aromatic rings. The first-order valence-electron chi connectivity index (χ1n) is 8.69. The second kappa shape index (κ2) is 9.04. The quantitative estimate of drug-likeness (QED) is 0.746. The van der Waals surface area contributed by atoms with Gasteiger partial charge in [-0.25, -0.2) is 0 Å². The van der Waals surface area contributed by atoms with Crippen LogP contribution in [0.25, 0.3) is 0 Å². The van der Waals surface area contributed by atoms with Gasteiger partial charge in [-0.2, -0.15) is 0 Å². The van der Waals surface area contributed by atoms with Gasteiger partial charge in [0.1, 0.15) is 5.75 Å². The lowest BCUT2D eigenvalue weighted by molar-refractivity contribution is -0.137. The highest BCUT2D eigenvalue weighted by Crippen LogP contribution is 2.27. The van der Waals surface area contributed by atoms with Crippen LogP contribution >= 0.6 is 0 Å². The number of benzene rings is 2. The van der Waals surface area contributed by atoms with Crippen molar-refractivity contribution in [3.05, 3.63) is 59.2 Å². The second-order valence-electron chi connectivity index (χ2n) is 6.63. The molecule has 2 rings (SSSR count). The smallest absolute Gasteiger partial charge is 0.303 e. The summed E-state index contributed by atoms with van der Waals surface area (Å²) < 4.78 is 5.73. The van der Waals surface area contributed by atoms with Gasteiger partial charge in [-0.15, -0.1) is 0 Å². The minimum absolute atomic E-state index is 0.0614. The van der Waals surface area contributed by atoms with Crippen LogP contribution in [0.4, 0.5) is 5.69 Å². The van der Waals surface area contributed by atoms with Crippen molar-refractivity contribution in [2.75, 3.05) is 11.9 Å². The number of aryl methyl sites for hydroxylation is 2. The lowest BCUT2D eigenvalue weighted by atomic mass is 10.0. The summed E-state index contributed by atoms with van der Waals surface area (Å²) in [4.78, 5) is 22.9. The molecule has 0 aliphatic heterocycles. The zero-order chi connectivity index (χ0) is 19.1. The molecule has 0 radical (unpaired) electrons. The molecule has 26 heavy (non-hydrogen) atoms. The van der Waals surface area contributed by atoms with E-state index < -0.39 is 5.97 Å². The van der Waals surface area contributed by atoms with Crippen LogP contribution < -0.4 is 10.1 Å². The highest BCUT2D eigenvalue weighted by atomic mass is 16.5. The minimum atomic E-state index is -0.841. The number of hydrogen-bond donors (Lipinski definition) is 2. The summed E-state index contributed by atoms with van der Waals surface area (Å²) in [7, 11) is 0. The molecule has 0 bridgehead atoms. The number of anilines is 1. The molecule has 0 aromatic heterocycles. The van der Waals surface area contributed by atoms with Gasteiger partial charge in [-0.3, -0.25) is 9.59 Å². The van der Waals surface area contributed by atoms with E-state index in [1.54, 1.807) is 18.2 Å². The molecule has 2 aromatic carbocycles. The van der Waals surface area contributed by atoms with Crippen molar-refractivity contribution in [3.8, 4) is 5.75 Å². The Morgan fingerprint density at radius 1 is 1.15 bits per heavy atom. The maximum atomic E-state index is 12.2. The van der Waals surface area contributed by atoms with Crippen LogP contribution in [0.15, 0.2) is 42.5 Å².